The molecule has 0 aromatic carbocycles. The highest BCUT2D eigenvalue weighted by atomic mass is 16.3. The Balaban J connectivity index is 1.89. The van der Waals surface area contributed by atoms with Gasteiger partial charge < -0.3 is 10.2 Å². The summed E-state index contributed by atoms with van der Waals surface area (Å²) in [5.41, 5.74) is 0. The van der Waals surface area contributed by atoms with Crippen LogP contribution in [0.15, 0.2) is 0 Å². The highest BCUT2D eigenvalue weighted by Crippen LogP contribution is 2.24. The van der Waals surface area contributed by atoms with Crippen LogP contribution in [0.3, 0.4) is 0 Å². The zero-order valence-corrected chi connectivity index (χ0v) is 9.47. The van der Waals surface area contributed by atoms with Gasteiger partial charge in [0, 0.05) is 31.7 Å². The number of aliphatic hydroxyl groups excluding tert-OH is 2. The highest BCUT2D eigenvalue weighted by molar-refractivity contribution is 4.91. The third-order valence-electron chi connectivity index (χ3n) is 3.72. The Kier molecular flexibility index (Phi) is 3.61. The Bertz CT molecular complexity index is 213. The van der Waals surface area contributed by atoms with Gasteiger partial charge in [-0.3, -0.25) is 9.80 Å². The number of piperazine rings is 1. The molecule has 3 unspecified atom stereocenters. The van der Waals surface area contributed by atoms with Crippen molar-refractivity contribution < 1.29 is 10.2 Å². The van der Waals surface area contributed by atoms with Crippen LogP contribution in [-0.4, -0.2) is 71.0 Å². The largest absolute Gasteiger partial charge is 0.394 e. The summed E-state index contributed by atoms with van der Waals surface area (Å²) in [6.45, 7) is 6.10. The molecule has 0 amide bonds. The van der Waals surface area contributed by atoms with Gasteiger partial charge in [-0.1, -0.05) is 0 Å². The third kappa shape index (κ3) is 2.50. The van der Waals surface area contributed by atoms with E-state index in [1.165, 1.54) is 19.4 Å². The van der Waals surface area contributed by atoms with Gasteiger partial charge in [-0.2, -0.15) is 0 Å². The number of hydrogen-bond donors (Lipinski definition) is 2. The number of hydrogen-bond acceptors (Lipinski definition) is 4. The van der Waals surface area contributed by atoms with Crippen LogP contribution >= 0.6 is 0 Å². The summed E-state index contributed by atoms with van der Waals surface area (Å²) in [7, 11) is 0. The van der Waals surface area contributed by atoms with Gasteiger partial charge in [0.1, 0.15) is 0 Å². The zero-order chi connectivity index (χ0) is 10.8. The minimum Gasteiger partial charge on any atom is -0.394 e. The van der Waals surface area contributed by atoms with E-state index >= 15 is 0 Å². The first-order valence-corrected chi connectivity index (χ1v) is 5.97. The third-order valence-corrected chi connectivity index (χ3v) is 3.72. The summed E-state index contributed by atoms with van der Waals surface area (Å²) in [6, 6.07) is 1.19. The van der Waals surface area contributed by atoms with E-state index in [-0.39, 0.29) is 6.61 Å². The molecule has 0 aliphatic carbocycles. The van der Waals surface area contributed by atoms with Crippen molar-refractivity contribution in [1.29, 1.82) is 0 Å². The van der Waals surface area contributed by atoms with Crippen LogP contribution in [0, 0.1) is 0 Å². The van der Waals surface area contributed by atoms with E-state index in [0.29, 0.717) is 18.6 Å². The van der Waals surface area contributed by atoms with Crippen molar-refractivity contribution in [3.8, 4) is 0 Å². The van der Waals surface area contributed by atoms with E-state index in [0.717, 1.165) is 13.1 Å². The molecule has 4 nitrogen and oxygen atoms in total. The lowest BCUT2D eigenvalue weighted by atomic mass is 10.1. The second-order valence-electron chi connectivity index (χ2n) is 4.93. The molecule has 0 aromatic rings. The fraction of sp³-hybridized carbons (Fsp3) is 1.00. The van der Waals surface area contributed by atoms with Crippen LogP contribution in [0.2, 0.25) is 0 Å². The van der Waals surface area contributed by atoms with E-state index in [4.69, 9.17) is 5.11 Å². The number of fused-ring (bicyclic) bond motifs is 1. The maximum absolute atomic E-state index is 9.46. The summed E-state index contributed by atoms with van der Waals surface area (Å²) in [4.78, 5) is 4.87. The number of nitrogens with zero attached hydrogens (tertiary/aromatic N) is 2. The minimum absolute atomic E-state index is 0.127. The lowest BCUT2D eigenvalue weighted by molar-refractivity contribution is 0.00518. The van der Waals surface area contributed by atoms with Crippen molar-refractivity contribution >= 4 is 0 Å². The number of aliphatic hydroxyl groups is 2. The maximum Gasteiger partial charge on any atom is 0.0897 e. The fourth-order valence-electron chi connectivity index (χ4n) is 2.83. The van der Waals surface area contributed by atoms with Crippen molar-refractivity contribution in [2.75, 3.05) is 32.8 Å². The predicted molar refractivity (Wildman–Crippen MR) is 58.7 cm³/mol. The summed E-state index contributed by atoms with van der Waals surface area (Å²) >= 11 is 0. The van der Waals surface area contributed by atoms with Gasteiger partial charge in [0.25, 0.3) is 0 Å². The molecule has 15 heavy (non-hydrogen) atoms. The molecule has 0 radical (unpaired) electrons. The number of rotatable bonds is 3. The molecule has 2 fully saturated rings. The minimum atomic E-state index is -0.583. The lowest BCUT2D eigenvalue weighted by Crippen LogP contribution is -2.56. The van der Waals surface area contributed by atoms with Gasteiger partial charge in [0.05, 0.1) is 12.7 Å². The standard InChI is InChI=1S/C11H22N2O2/c1-9-5-12-4-2-3-10(12)6-13(9)7-11(15)8-14/h9-11,14-15H,2-8H2,1H3. The fourth-order valence-corrected chi connectivity index (χ4v) is 2.83. The molecule has 88 valence electrons. The number of β-amino-alcohol motifs (C(OH)–C–C–N with tert-alkyl or cyclic N) is 1. The van der Waals surface area contributed by atoms with Crippen molar-refractivity contribution in [1.82, 2.24) is 9.80 Å². The molecule has 2 N–H and O–H groups in total. The molecule has 2 rings (SSSR count). The second-order valence-corrected chi connectivity index (χ2v) is 4.93. The molecule has 2 heterocycles. The predicted octanol–water partition coefficient (Wildman–Crippen LogP) is -0.492. The van der Waals surface area contributed by atoms with E-state index < -0.39 is 6.10 Å². The maximum atomic E-state index is 9.46. The first-order chi connectivity index (χ1) is 7.20. The van der Waals surface area contributed by atoms with Gasteiger partial charge >= 0.3 is 0 Å². The van der Waals surface area contributed by atoms with E-state index in [1.807, 2.05) is 0 Å². The summed E-state index contributed by atoms with van der Waals surface area (Å²) < 4.78 is 0. The van der Waals surface area contributed by atoms with Crippen LogP contribution in [0.4, 0.5) is 0 Å². The Labute approximate surface area is 91.5 Å². The SMILES string of the molecule is CC1CN2CCCC2CN1CC(O)CO. The summed E-state index contributed by atoms with van der Waals surface area (Å²) in [5.74, 6) is 0. The monoisotopic (exact) mass is 214 g/mol. The summed E-state index contributed by atoms with van der Waals surface area (Å²) in [6.07, 6.45) is 2.02. The van der Waals surface area contributed by atoms with Crippen molar-refractivity contribution in [3.05, 3.63) is 0 Å². The van der Waals surface area contributed by atoms with E-state index in [9.17, 15) is 5.11 Å². The molecule has 0 spiro atoms. The summed E-state index contributed by atoms with van der Waals surface area (Å²) in [5, 5.41) is 18.3. The molecule has 2 saturated heterocycles. The molecule has 2 aliphatic heterocycles. The zero-order valence-electron chi connectivity index (χ0n) is 9.47. The van der Waals surface area contributed by atoms with Gasteiger partial charge in [-0.25, -0.2) is 0 Å². The van der Waals surface area contributed by atoms with Crippen LogP contribution in [0.1, 0.15) is 19.8 Å². The van der Waals surface area contributed by atoms with Crippen LogP contribution in [0.5, 0.6) is 0 Å². The highest BCUT2D eigenvalue weighted by Gasteiger charge is 2.34. The Morgan fingerprint density at radius 1 is 1.40 bits per heavy atom. The normalized spacial score (nSPS) is 35.4. The van der Waals surface area contributed by atoms with Crippen LogP contribution in [-0.2, 0) is 0 Å². The average Bonchev–Trinajstić information content (AvgIpc) is 2.65. The first-order valence-electron chi connectivity index (χ1n) is 5.97. The van der Waals surface area contributed by atoms with Crippen molar-refractivity contribution in [3.63, 3.8) is 0 Å². The molecular weight excluding hydrogens is 192 g/mol. The van der Waals surface area contributed by atoms with Crippen molar-refractivity contribution in [2.24, 2.45) is 0 Å². The Morgan fingerprint density at radius 3 is 2.93 bits per heavy atom. The van der Waals surface area contributed by atoms with Gasteiger partial charge in [-0.15, -0.1) is 0 Å². The molecule has 3 atom stereocenters. The average molecular weight is 214 g/mol. The van der Waals surface area contributed by atoms with Crippen LogP contribution < -0.4 is 0 Å². The topological polar surface area (TPSA) is 46.9 Å². The Hall–Kier alpha value is -0.160. The quantitative estimate of drug-likeness (QED) is 0.665. The van der Waals surface area contributed by atoms with E-state index in [2.05, 4.69) is 16.7 Å². The first kappa shape index (κ1) is 11.3. The van der Waals surface area contributed by atoms with Crippen molar-refractivity contribution in [2.45, 2.75) is 38.0 Å². The molecule has 0 bridgehead atoms. The molecular formula is C11H22N2O2. The smallest absolute Gasteiger partial charge is 0.0897 e. The van der Waals surface area contributed by atoms with Crippen LogP contribution in [0.25, 0.3) is 0 Å². The van der Waals surface area contributed by atoms with Gasteiger partial charge in [0.2, 0.25) is 0 Å². The van der Waals surface area contributed by atoms with Gasteiger partial charge in [-0.05, 0) is 26.3 Å². The second kappa shape index (κ2) is 4.78. The molecule has 4 heteroatoms. The molecule has 2 aliphatic rings. The molecule has 0 aromatic heterocycles. The lowest BCUT2D eigenvalue weighted by Gasteiger charge is -2.42. The Morgan fingerprint density at radius 2 is 2.20 bits per heavy atom. The molecule has 0 saturated carbocycles. The van der Waals surface area contributed by atoms with E-state index in [1.54, 1.807) is 0 Å². The van der Waals surface area contributed by atoms with Gasteiger partial charge in [0.15, 0.2) is 0 Å².